The van der Waals surface area contributed by atoms with Gasteiger partial charge in [0.1, 0.15) is 6.04 Å². The lowest BCUT2D eigenvalue weighted by Crippen LogP contribution is -2.60. The second-order valence-electron chi connectivity index (χ2n) is 7.20. The minimum absolute atomic E-state index is 0.0768. The maximum Gasteiger partial charge on any atom is 0.327 e. The minimum Gasteiger partial charge on any atom is -0.480 e. The molecule has 0 aromatic heterocycles. The van der Waals surface area contributed by atoms with E-state index >= 15 is 0 Å². The smallest absolute Gasteiger partial charge is 0.327 e. The number of nitrogens with zero attached hydrogens (tertiary/aromatic N) is 2. The Hall–Kier alpha value is -1.26. The normalized spacial score (nSPS) is 32.3. The second kappa shape index (κ2) is 5.85. The lowest BCUT2D eigenvalue weighted by Gasteiger charge is -2.46. The van der Waals surface area contributed by atoms with Gasteiger partial charge in [0, 0.05) is 18.6 Å². The number of amides is 2. The van der Waals surface area contributed by atoms with Crippen molar-refractivity contribution >= 4 is 12.0 Å². The van der Waals surface area contributed by atoms with Crippen molar-refractivity contribution in [3.8, 4) is 0 Å². The van der Waals surface area contributed by atoms with E-state index in [1.54, 1.807) is 4.90 Å². The van der Waals surface area contributed by atoms with Crippen molar-refractivity contribution in [2.45, 2.75) is 77.9 Å². The summed E-state index contributed by atoms with van der Waals surface area (Å²) >= 11 is 0. The molecule has 2 fully saturated rings. The van der Waals surface area contributed by atoms with Crippen molar-refractivity contribution in [1.82, 2.24) is 9.80 Å². The Bertz CT molecular complexity index is 422. The molecule has 0 aromatic rings. The van der Waals surface area contributed by atoms with Crippen LogP contribution in [0.3, 0.4) is 0 Å². The fourth-order valence-corrected chi connectivity index (χ4v) is 4.03. The minimum atomic E-state index is -0.882. The monoisotopic (exact) mass is 296 g/mol. The first-order valence-corrected chi connectivity index (χ1v) is 8.11. The highest BCUT2D eigenvalue weighted by Crippen LogP contribution is 2.37. The summed E-state index contributed by atoms with van der Waals surface area (Å²) in [5, 5.41) is 9.61. The summed E-state index contributed by atoms with van der Waals surface area (Å²) in [4.78, 5) is 28.2. The van der Waals surface area contributed by atoms with E-state index in [1.165, 1.54) is 0 Å². The third-order valence-corrected chi connectivity index (χ3v) is 5.23. The molecule has 5 nitrogen and oxygen atoms in total. The van der Waals surface area contributed by atoms with Crippen LogP contribution in [0.25, 0.3) is 0 Å². The van der Waals surface area contributed by atoms with Crippen LogP contribution in [0.15, 0.2) is 0 Å². The van der Waals surface area contributed by atoms with Crippen LogP contribution in [0, 0.1) is 5.41 Å². The number of piperidine rings is 1. The van der Waals surface area contributed by atoms with E-state index < -0.39 is 12.0 Å². The Morgan fingerprint density at radius 2 is 1.95 bits per heavy atom. The molecule has 0 saturated carbocycles. The van der Waals surface area contributed by atoms with E-state index in [-0.39, 0.29) is 23.5 Å². The fraction of sp³-hybridized carbons (Fsp3) is 0.875. The summed E-state index contributed by atoms with van der Waals surface area (Å²) in [6.45, 7) is 8.63. The zero-order valence-electron chi connectivity index (χ0n) is 13.6. The van der Waals surface area contributed by atoms with Crippen LogP contribution in [-0.4, -0.2) is 51.6 Å². The molecule has 0 bridgehead atoms. The van der Waals surface area contributed by atoms with E-state index in [4.69, 9.17) is 0 Å². The molecule has 5 heteroatoms. The summed E-state index contributed by atoms with van der Waals surface area (Å²) in [6, 6.07) is -0.329. The van der Waals surface area contributed by atoms with Gasteiger partial charge in [0.25, 0.3) is 0 Å². The maximum atomic E-state index is 13.0. The second-order valence-corrected chi connectivity index (χ2v) is 7.20. The molecule has 2 heterocycles. The lowest BCUT2D eigenvalue weighted by molar-refractivity contribution is -0.149. The highest BCUT2D eigenvalue weighted by molar-refractivity contribution is 5.84. The summed E-state index contributed by atoms with van der Waals surface area (Å²) in [5.74, 6) is -0.882. The molecule has 0 spiro atoms. The zero-order valence-corrected chi connectivity index (χ0v) is 13.6. The Balaban J connectivity index is 2.25. The van der Waals surface area contributed by atoms with Crippen molar-refractivity contribution in [2.24, 2.45) is 5.41 Å². The van der Waals surface area contributed by atoms with Gasteiger partial charge in [-0.15, -0.1) is 0 Å². The van der Waals surface area contributed by atoms with E-state index in [2.05, 4.69) is 13.8 Å². The number of urea groups is 1. The van der Waals surface area contributed by atoms with Gasteiger partial charge in [-0.2, -0.15) is 0 Å². The third kappa shape index (κ3) is 2.87. The molecule has 2 amide bonds. The van der Waals surface area contributed by atoms with Gasteiger partial charge in [-0.1, -0.05) is 20.8 Å². The van der Waals surface area contributed by atoms with Gasteiger partial charge >= 0.3 is 12.0 Å². The topological polar surface area (TPSA) is 60.9 Å². The van der Waals surface area contributed by atoms with Crippen LogP contribution in [0.2, 0.25) is 0 Å². The number of hydrogen-bond donors (Lipinski definition) is 1. The molecule has 120 valence electrons. The molecule has 2 aliphatic heterocycles. The van der Waals surface area contributed by atoms with Crippen molar-refractivity contribution in [1.29, 1.82) is 0 Å². The highest BCUT2D eigenvalue weighted by Gasteiger charge is 2.47. The average Bonchev–Trinajstić information content (AvgIpc) is 2.77. The van der Waals surface area contributed by atoms with Crippen LogP contribution >= 0.6 is 0 Å². The molecule has 3 unspecified atom stereocenters. The molecule has 0 aliphatic carbocycles. The van der Waals surface area contributed by atoms with E-state index in [9.17, 15) is 14.7 Å². The molecule has 0 aromatic carbocycles. The lowest BCUT2D eigenvalue weighted by atomic mass is 9.76. The Morgan fingerprint density at radius 1 is 1.29 bits per heavy atom. The van der Waals surface area contributed by atoms with Crippen molar-refractivity contribution < 1.29 is 14.7 Å². The third-order valence-electron chi connectivity index (χ3n) is 5.23. The number of rotatable bonds is 2. The van der Waals surface area contributed by atoms with Gasteiger partial charge in [-0.25, -0.2) is 9.59 Å². The van der Waals surface area contributed by atoms with Gasteiger partial charge in [0.2, 0.25) is 0 Å². The summed E-state index contributed by atoms with van der Waals surface area (Å²) in [5.41, 5.74) is -0.371. The molecular weight excluding hydrogens is 268 g/mol. The van der Waals surface area contributed by atoms with Crippen LogP contribution in [-0.2, 0) is 4.79 Å². The first-order chi connectivity index (χ1) is 9.79. The standard InChI is InChI=1S/C16H28N2O3/c1-5-12-8-7-11(2)18(12)15(21)17-10-6-9-16(3,4)13(17)14(19)20/h11-13H,5-10H2,1-4H3,(H,19,20). The van der Waals surface area contributed by atoms with Crippen LogP contribution in [0.1, 0.15) is 59.8 Å². The first kappa shape index (κ1) is 16.1. The van der Waals surface area contributed by atoms with E-state index in [1.807, 2.05) is 18.7 Å². The van der Waals surface area contributed by atoms with Crippen LogP contribution in [0.4, 0.5) is 4.79 Å². The number of carbonyl (C=O) groups excluding carboxylic acids is 1. The molecule has 2 aliphatic rings. The Kier molecular flexibility index (Phi) is 4.49. The first-order valence-electron chi connectivity index (χ1n) is 8.11. The molecule has 21 heavy (non-hydrogen) atoms. The molecular formula is C16H28N2O3. The predicted molar refractivity (Wildman–Crippen MR) is 81.2 cm³/mol. The van der Waals surface area contributed by atoms with E-state index in [0.717, 1.165) is 32.1 Å². The fourth-order valence-electron chi connectivity index (χ4n) is 4.03. The largest absolute Gasteiger partial charge is 0.480 e. The van der Waals surface area contributed by atoms with Gasteiger partial charge in [-0.05, 0) is 44.4 Å². The average molecular weight is 296 g/mol. The summed E-state index contributed by atoms with van der Waals surface area (Å²) < 4.78 is 0. The van der Waals surface area contributed by atoms with Crippen LogP contribution < -0.4 is 0 Å². The Morgan fingerprint density at radius 3 is 2.52 bits per heavy atom. The number of carbonyl (C=O) groups is 2. The van der Waals surface area contributed by atoms with Crippen molar-refractivity contribution in [3.05, 3.63) is 0 Å². The molecule has 2 rings (SSSR count). The number of hydrogen-bond acceptors (Lipinski definition) is 2. The Labute approximate surface area is 127 Å². The van der Waals surface area contributed by atoms with Gasteiger partial charge < -0.3 is 14.9 Å². The van der Waals surface area contributed by atoms with Gasteiger partial charge in [0.15, 0.2) is 0 Å². The van der Waals surface area contributed by atoms with Crippen molar-refractivity contribution in [3.63, 3.8) is 0 Å². The summed E-state index contributed by atoms with van der Waals surface area (Å²) in [6.07, 6.45) is 4.70. The number of carboxylic acids is 1. The van der Waals surface area contributed by atoms with Gasteiger partial charge in [0.05, 0.1) is 0 Å². The predicted octanol–water partition coefficient (Wildman–Crippen LogP) is 2.94. The van der Waals surface area contributed by atoms with Crippen LogP contribution in [0.5, 0.6) is 0 Å². The quantitative estimate of drug-likeness (QED) is 0.852. The number of aliphatic carboxylic acids is 1. The van der Waals surface area contributed by atoms with Crippen molar-refractivity contribution in [2.75, 3.05) is 6.54 Å². The molecule has 3 atom stereocenters. The highest BCUT2D eigenvalue weighted by atomic mass is 16.4. The maximum absolute atomic E-state index is 13.0. The summed E-state index contributed by atoms with van der Waals surface area (Å²) in [7, 11) is 0. The zero-order chi connectivity index (χ0) is 15.8. The van der Waals surface area contributed by atoms with E-state index in [0.29, 0.717) is 6.54 Å². The molecule has 1 N–H and O–H groups in total. The molecule has 2 saturated heterocycles. The number of carboxylic acid groups (broad SMARTS) is 1. The van der Waals surface area contributed by atoms with Gasteiger partial charge in [-0.3, -0.25) is 0 Å². The molecule has 0 radical (unpaired) electrons. The number of likely N-dealkylation sites (tertiary alicyclic amines) is 2. The SMILES string of the molecule is CCC1CCC(C)N1C(=O)N1CCCC(C)(C)C1C(=O)O.